The van der Waals surface area contributed by atoms with Crippen LogP contribution in [-0.4, -0.2) is 74.1 Å². The highest BCUT2D eigenvalue weighted by Crippen LogP contribution is 1.45. The first kappa shape index (κ1) is 17.6. The maximum atomic E-state index is 8.42. The Morgan fingerprint density at radius 3 is 1.00 bits per heavy atom. The Bertz CT molecular complexity index is 301. The van der Waals surface area contributed by atoms with E-state index in [1.54, 1.807) is 18.6 Å². The first-order chi connectivity index (χ1) is 9.23. The third-order valence-electron chi connectivity index (χ3n) is 1.08. The molecule has 0 aromatic rings. The van der Waals surface area contributed by atoms with Gasteiger partial charge in [-0.3, -0.25) is 35.3 Å². The molecule has 0 atom stereocenters. The van der Waals surface area contributed by atoms with Crippen LogP contribution in [0.15, 0.2) is 14.0 Å². The van der Waals surface area contributed by atoms with Gasteiger partial charge in [0.1, 0.15) is 0 Å². The van der Waals surface area contributed by atoms with E-state index >= 15 is 0 Å². The van der Waals surface area contributed by atoms with Gasteiger partial charge in [-0.2, -0.15) is 0 Å². The second kappa shape index (κ2) is 14.7. The molecule has 9 nitrogen and oxygen atoms in total. The van der Waals surface area contributed by atoms with Crippen molar-refractivity contribution >= 4 is 74.1 Å². The van der Waals surface area contributed by atoms with Crippen LogP contribution in [0.1, 0.15) is 0 Å². The molecule has 3 N–H and O–H groups in total. The smallest absolute Gasteiger partial charge is 0.663 e. The van der Waals surface area contributed by atoms with E-state index in [9.17, 15) is 0 Å². The minimum absolute atomic E-state index is 0.573. The fraction of sp³-hybridized carbons (Fsp3) is 0. The standard InChI is InChI=1S/3C2H3N2Si.BO3/c3*1-2-4-5-3-1;2-1(3)4/h3*1-3H;/q3*+1;-3. The molecule has 13 heteroatoms. The van der Waals surface area contributed by atoms with Crippen molar-refractivity contribution < 1.29 is 29.0 Å². The summed E-state index contributed by atoms with van der Waals surface area (Å²) in [6, 6.07) is 0. The molecule has 0 saturated heterocycles. The summed E-state index contributed by atoms with van der Waals surface area (Å²) in [6.07, 6.45) is 10.8. The number of hydrogen-bond acceptors (Lipinski definition) is 6. The second-order valence-electron chi connectivity index (χ2n) is 2.39. The van der Waals surface area contributed by atoms with Gasteiger partial charge in [0.25, 0.3) is 0 Å². The van der Waals surface area contributed by atoms with Crippen LogP contribution in [0.25, 0.3) is 0 Å². The second-order valence-corrected chi connectivity index (χ2v) is 4.70. The summed E-state index contributed by atoms with van der Waals surface area (Å²) in [6.45, 7) is 0. The van der Waals surface area contributed by atoms with E-state index in [0.717, 1.165) is 0 Å². The Kier molecular flexibility index (Phi) is 13.6. The van der Waals surface area contributed by atoms with Crippen molar-refractivity contribution in [3.05, 3.63) is 0 Å². The molecule has 96 valence electrons. The van der Waals surface area contributed by atoms with E-state index in [2.05, 4.69) is 27.9 Å². The number of nitrogens with zero attached hydrogens (tertiary/aromatic N) is 3. The predicted octanol–water partition coefficient (Wildman–Crippen LogP) is -10.7. The zero-order chi connectivity index (χ0) is 14.2. The van der Waals surface area contributed by atoms with Crippen molar-refractivity contribution in [1.29, 1.82) is 0 Å². The zero-order valence-corrected chi connectivity index (χ0v) is 12.6. The molecule has 3 aliphatic heterocycles. The van der Waals surface area contributed by atoms with Crippen molar-refractivity contribution in [2.75, 3.05) is 0 Å². The van der Waals surface area contributed by atoms with Crippen molar-refractivity contribution in [2.45, 2.75) is 0 Å². The maximum Gasteiger partial charge on any atom is 0.663 e. The van der Waals surface area contributed by atoms with Gasteiger partial charge in [-0.1, -0.05) is 0 Å². The normalized spacial score (nSPS) is 15.3. The molecule has 0 aliphatic carbocycles. The van der Waals surface area contributed by atoms with Gasteiger partial charge >= 0.3 is 29.5 Å². The third-order valence-corrected chi connectivity index (χ3v) is 2.81. The summed E-state index contributed by atoms with van der Waals surface area (Å²) < 4.78 is 20.2. The molecule has 3 aliphatic rings. The van der Waals surface area contributed by atoms with Gasteiger partial charge in [-0.05, 0) is 0 Å². The van der Waals surface area contributed by atoms with E-state index in [4.69, 9.17) is 15.1 Å². The van der Waals surface area contributed by atoms with Gasteiger partial charge < -0.3 is 15.1 Å². The Labute approximate surface area is 117 Å². The number of hydrogen-bond donors (Lipinski definition) is 3. The number of nitrogens with one attached hydrogen (secondary N) is 3. The number of rotatable bonds is 0. The minimum Gasteiger partial charge on any atom is -0.907 e. The molecule has 0 saturated carbocycles. The van der Waals surface area contributed by atoms with Gasteiger partial charge in [0, 0.05) is 0 Å². The van der Waals surface area contributed by atoms with Crippen molar-refractivity contribution in [3.8, 4) is 0 Å². The summed E-state index contributed by atoms with van der Waals surface area (Å²) in [5.74, 6) is 0. The van der Waals surface area contributed by atoms with Gasteiger partial charge in [0.2, 0.25) is 0 Å². The van der Waals surface area contributed by atoms with E-state index < -0.39 is 7.32 Å². The lowest BCUT2D eigenvalue weighted by molar-refractivity contribution is -0.479. The van der Waals surface area contributed by atoms with Gasteiger partial charge in [-0.15, -0.1) is 0 Å². The first-order valence-electron chi connectivity index (χ1n) is 4.77. The highest BCUT2D eigenvalue weighted by atomic mass is 28.2. The molecule has 6 radical (unpaired) electrons. The van der Waals surface area contributed by atoms with Crippen molar-refractivity contribution in [2.24, 2.45) is 14.0 Å². The Morgan fingerprint density at radius 2 is 0.947 bits per heavy atom. The molecule has 3 rings (SSSR count). The molecule has 0 spiro atoms. The highest BCUT2D eigenvalue weighted by Gasteiger charge is 1.94. The van der Waals surface area contributed by atoms with E-state index in [1.165, 1.54) is 0 Å². The molecular formula is C6H9BN6O3Si3. The molecule has 0 bridgehead atoms. The first-order valence-corrected chi connectivity index (χ1v) is 7.61. The third kappa shape index (κ3) is 19.1. The fourth-order valence-electron chi connectivity index (χ4n) is 0.559. The maximum absolute atomic E-state index is 8.42. The summed E-state index contributed by atoms with van der Waals surface area (Å²) in [5.41, 5.74) is 0. The Morgan fingerprint density at radius 1 is 0.684 bits per heavy atom. The fourth-order valence-corrected chi connectivity index (χ4v) is 1.68. The van der Waals surface area contributed by atoms with Crippen LogP contribution >= 0.6 is 0 Å². The monoisotopic (exact) mass is 308 g/mol. The van der Waals surface area contributed by atoms with Crippen molar-refractivity contribution in [1.82, 2.24) is 0 Å². The van der Waals surface area contributed by atoms with Gasteiger partial charge in [0.15, 0.2) is 18.6 Å². The van der Waals surface area contributed by atoms with Crippen LogP contribution in [0.3, 0.4) is 0 Å². The van der Waals surface area contributed by atoms with Crippen LogP contribution in [0, 0.1) is 0 Å². The molecule has 0 aromatic heterocycles. The van der Waals surface area contributed by atoms with Crippen molar-refractivity contribution in [3.63, 3.8) is 0 Å². The zero-order valence-electron chi connectivity index (χ0n) is 9.61. The highest BCUT2D eigenvalue weighted by molar-refractivity contribution is 6.36. The summed E-state index contributed by atoms with van der Waals surface area (Å²) in [7, 11) is -1.20. The lowest BCUT2D eigenvalue weighted by Gasteiger charge is -2.35. The Hall–Kier alpha value is -1.38. The predicted molar refractivity (Wildman–Crippen MR) is 69.6 cm³/mol. The minimum atomic E-state index is -2.92. The lowest BCUT2D eigenvalue weighted by atomic mass is 10.3. The molecule has 3 heterocycles. The van der Waals surface area contributed by atoms with E-state index in [1.807, 2.05) is 18.6 Å². The molecule has 0 amide bonds. The SMILES string of the molecule is C1=N[Si][NH+]=C1.C1=N[Si][NH+]=C1.C1=N[Si][NH+]=C1.[O-]B([O-])[O-]. The van der Waals surface area contributed by atoms with Crippen LogP contribution in [0.4, 0.5) is 0 Å². The molecule has 19 heavy (non-hydrogen) atoms. The van der Waals surface area contributed by atoms with Crippen LogP contribution < -0.4 is 29.0 Å². The van der Waals surface area contributed by atoms with Crippen LogP contribution in [-0.2, 0) is 0 Å². The average molecular weight is 308 g/mol. The quantitative estimate of drug-likeness (QED) is 0.381. The molecule has 0 unspecified atom stereocenters. The summed E-state index contributed by atoms with van der Waals surface area (Å²) >= 11 is 0. The van der Waals surface area contributed by atoms with E-state index in [0.29, 0.717) is 29.5 Å². The van der Waals surface area contributed by atoms with Crippen LogP contribution in [0.2, 0.25) is 0 Å². The van der Waals surface area contributed by atoms with Gasteiger partial charge in [-0.25, -0.2) is 0 Å². The molecule has 0 aromatic carbocycles. The average Bonchev–Trinajstić information content (AvgIpc) is 3.18. The Balaban J connectivity index is 0.000000229. The van der Waals surface area contributed by atoms with E-state index in [-0.39, 0.29) is 0 Å². The largest absolute Gasteiger partial charge is 0.907 e. The topological polar surface area (TPSA) is 148 Å². The molecule has 0 fully saturated rings. The summed E-state index contributed by atoms with van der Waals surface area (Å²) in [5, 5.41) is 25.2. The lowest BCUT2D eigenvalue weighted by Crippen LogP contribution is -2.68. The van der Waals surface area contributed by atoms with Gasteiger partial charge in [0.05, 0.1) is 18.6 Å². The summed E-state index contributed by atoms with van der Waals surface area (Å²) in [4.78, 5) is 0. The molecular weight excluding hydrogens is 299 g/mol. The van der Waals surface area contributed by atoms with Crippen LogP contribution in [0.5, 0.6) is 0 Å².